The number of carbonyl (C=O) groups excluding carboxylic acids is 1. The van der Waals surface area contributed by atoms with Crippen LogP contribution in [0.3, 0.4) is 0 Å². The van der Waals surface area contributed by atoms with Crippen molar-refractivity contribution in [1.82, 2.24) is 0 Å². The second-order valence-corrected chi connectivity index (χ2v) is 5.98. The third-order valence-corrected chi connectivity index (χ3v) is 3.58. The van der Waals surface area contributed by atoms with Crippen LogP contribution in [0.5, 0.6) is 0 Å². The van der Waals surface area contributed by atoms with Gasteiger partial charge >= 0.3 is 0 Å². The molecule has 100 valence electrons. The highest BCUT2D eigenvalue weighted by Crippen LogP contribution is 2.25. The van der Waals surface area contributed by atoms with Crippen LogP contribution >= 0.6 is 0 Å². The summed E-state index contributed by atoms with van der Waals surface area (Å²) in [5.41, 5.74) is 4.95. The summed E-state index contributed by atoms with van der Waals surface area (Å²) in [6.07, 6.45) is -2.37. The van der Waals surface area contributed by atoms with E-state index in [1.807, 2.05) is 0 Å². The Morgan fingerprint density at radius 1 is 1.33 bits per heavy atom. The first-order valence-corrected chi connectivity index (χ1v) is 7.06. The summed E-state index contributed by atoms with van der Waals surface area (Å²) in [6.45, 7) is 0. The van der Waals surface area contributed by atoms with Gasteiger partial charge in [-0.05, 0) is 6.07 Å². The van der Waals surface area contributed by atoms with Gasteiger partial charge in [0, 0.05) is 11.8 Å². The largest absolute Gasteiger partial charge is 0.390 e. The minimum atomic E-state index is -3.53. The van der Waals surface area contributed by atoms with E-state index in [1.165, 1.54) is 24.3 Å². The van der Waals surface area contributed by atoms with Crippen molar-refractivity contribution in [3.8, 4) is 0 Å². The van der Waals surface area contributed by atoms with E-state index in [2.05, 4.69) is 0 Å². The summed E-state index contributed by atoms with van der Waals surface area (Å²) in [4.78, 5) is 10.6. The molecule has 0 bridgehead atoms. The molecule has 2 atom stereocenters. The molecule has 1 amide bonds. The average Bonchev–Trinajstić information content (AvgIpc) is 2.26. The maximum Gasteiger partial charge on any atom is 0.220 e. The Kier molecular flexibility index (Phi) is 4.44. The highest BCUT2D eigenvalue weighted by atomic mass is 32.2. The van der Waals surface area contributed by atoms with Crippen molar-refractivity contribution in [2.45, 2.75) is 23.5 Å². The number of hydrogen-bond donors (Lipinski definition) is 3. The number of primary amides is 1. The van der Waals surface area contributed by atoms with E-state index in [0.29, 0.717) is 0 Å². The lowest BCUT2D eigenvalue weighted by atomic mass is 10.0. The molecule has 6 nitrogen and oxygen atoms in total. The molecule has 1 rings (SSSR count). The molecule has 0 aromatic heterocycles. The monoisotopic (exact) mass is 273 g/mol. The van der Waals surface area contributed by atoms with Gasteiger partial charge in [-0.3, -0.25) is 4.79 Å². The van der Waals surface area contributed by atoms with Crippen LogP contribution in [0.4, 0.5) is 0 Å². The Labute approximate surface area is 105 Å². The molecule has 0 radical (unpaired) electrons. The number of nitrogens with two attached hydrogens (primary N) is 1. The summed E-state index contributed by atoms with van der Waals surface area (Å²) in [5.74, 6) is -0.779. The van der Waals surface area contributed by atoms with Crippen molar-refractivity contribution in [2.75, 3.05) is 6.26 Å². The van der Waals surface area contributed by atoms with Crippen LogP contribution < -0.4 is 5.73 Å². The average molecular weight is 273 g/mol. The van der Waals surface area contributed by atoms with Crippen LogP contribution in [0.1, 0.15) is 18.1 Å². The maximum atomic E-state index is 11.5. The predicted molar refractivity (Wildman–Crippen MR) is 64.3 cm³/mol. The van der Waals surface area contributed by atoms with Gasteiger partial charge in [0.05, 0.1) is 17.4 Å². The van der Waals surface area contributed by atoms with Crippen molar-refractivity contribution in [2.24, 2.45) is 5.73 Å². The topological polar surface area (TPSA) is 118 Å². The number of benzene rings is 1. The number of sulfone groups is 1. The lowest BCUT2D eigenvalue weighted by molar-refractivity contribution is -0.121. The minimum absolute atomic E-state index is 0.0498. The first-order valence-electron chi connectivity index (χ1n) is 5.17. The maximum absolute atomic E-state index is 11.5. The van der Waals surface area contributed by atoms with Gasteiger partial charge in [-0.15, -0.1) is 0 Å². The van der Waals surface area contributed by atoms with Gasteiger partial charge in [0.15, 0.2) is 9.84 Å². The van der Waals surface area contributed by atoms with E-state index in [1.54, 1.807) is 0 Å². The predicted octanol–water partition coefficient (Wildman–Crippen LogP) is -0.640. The van der Waals surface area contributed by atoms with Crippen LogP contribution in [0.15, 0.2) is 29.2 Å². The summed E-state index contributed by atoms with van der Waals surface area (Å²) >= 11 is 0. The first kappa shape index (κ1) is 14.6. The molecular formula is C11H15NO5S. The summed E-state index contributed by atoms with van der Waals surface area (Å²) in [5, 5.41) is 19.4. The van der Waals surface area contributed by atoms with Gasteiger partial charge < -0.3 is 15.9 Å². The van der Waals surface area contributed by atoms with E-state index < -0.39 is 34.4 Å². The van der Waals surface area contributed by atoms with Crippen molar-refractivity contribution < 1.29 is 23.4 Å². The number of rotatable bonds is 5. The number of amides is 1. The zero-order valence-electron chi connectivity index (χ0n) is 9.78. The first-order chi connectivity index (χ1) is 8.23. The molecule has 1 aromatic carbocycles. The lowest BCUT2D eigenvalue weighted by Crippen LogP contribution is -2.26. The Balaban J connectivity index is 3.14. The Hall–Kier alpha value is -1.44. The van der Waals surface area contributed by atoms with E-state index in [4.69, 9.17) is 5.73 Å². The smallest absolute Gasteiger partial charge is 0.220 e. The van der Waals surface area contributed by atoms with Crippen LogP contribution in [-0.2, 0) is 14.6 Å². The van der Waals surface area contributed by atoms with E-state index in [-0.39, 0.29) is 10.5 Å². The minimum Gasteiger partial charge on any atom is -0.390 e. The lowest BCUT2D eigenvalue weighted by Gasteiger charge is -2.19. The Bertz CT molecular complexity index is 540. The van der Waals surface area contributed by atoms with Gasteiger partial charge in [0.1, 0.15) is 6.10 Å². The standard InChI is InChI=1S/C11H15NO5S/c1-18(16,17)9-5-3-2-4-7(9)11(15)8(13)6-10(12)14/h2-5,8,11,13,15H,6H2,1H3,(H2,12,14). The zero-order valence-corrected chi connectivity index (χ0v) is 10.6. The molecule has 1 aromatic rings. The molecule has 0 saturated carbocycles. The molecule has 0 heterocycles. The van der Waals surface area contributed by atoms with Crippen LogP contribution in [0.2, 0.25) is 0 Å². The van der Waals surface area contributed by atoms with E-state index in [0.717, 1.165) is 6.26 Å². The second-order valence-electron chi connectivity index (χ2n) is 3.99. The molecule has 18 heavy (non-hydrogen) atoms. The van der Waals surface area contributed by atoms with E-state index >= 15 is 0 Å². The van der Waals surface area contributed by atoms with Crippen LogP contribution in [0.25, 0.3) is 0 Å². The van der Waals surface area contributed by atoms with Crippen molar-refractivity contribution >= 4 is 15.7 Å². The fraction of sp³-hybridized carbons (Fsp3) is 0.364. The fourth-order valence-corrected chi connectivity index (χ4v) is 2.53. The highest BCUT2D eigenvalue weighted by Gasteiger charge is 2.25. The summed E-state index contributed by atoms with van der Waals surface area (Å²) < 4.78 is 23.0. The molecule has 0 aliphatic rings. The van der Waals surface area contributed by atoms with Gasteiger partial charge in [-0.2, -0.15) is 0 Å². The zero-order chi connectivity index (χ0) is 13.9. The second kappa shape index (κ2) is 5.47. The summed E-state index contributed by atoms with van der Waals surface area (Å²) in [6, 6.07) is 5.74. The van der Waals surface area contributed by atoms with Crippen molar-refractivity contribution in [3.05, 3.63) is 29.8 Å². The molecular weight excluding hydrogens is 258 g/mol. The molecule has 0 saturated heterocycles. The number of carbonyl (C=O) groups is 1. The molecule has 4 N–H and O–H groups in total. The quantitative estimate of drug-likeness (QED) is 0.659. The van der Waals surface area contributed by atoms with Crippen LogP contribution in [-0.4, -0.2) is 36.9 Å². The van der Waals surface area contributed by atoms with E-state index in [9.17, 15) is 23.4 Å². The number of aliphatic hydroxyl groups is 2. The fourth-order valence-electron chi connectivity index (χ4n) is 1.59. The molecule has 7 heteroatoms. The van der Waals surface area contributed by atoms with Gasteiger partial charge in [-0.25, -0.2) is 8.42 Å². The SMILES string of the molecule is CS(=O)(=O)c1ccccc1C(O)C(O)CC(N)=O. The normalized spacial score (nSPS) is 15.1. The number of aliphatic hydroxyl groups excluding tert-OH is 2. The third kappa shape index (κ3) is 3.52. The van der Waals surface area contributed by atoms with Crippen molar-refractivity contribution in [1.29, 1.82) is 0 Å². The molecule has 0 fully saturated rings. The molecule has 0 spiro atoms. The Morgan fingerprint density at radius 2 is 1.89 bits per heavy atom. The molecule has 2 unspecified atom stereocenters. The highest BCUT2D eigenvalue weighted by molar-refractivity contribution is 7.90. The molecule has 0 aliphatic carbocycles. The van der Waals surface area contributed by atoms with Gasteiger partial charge in [0.2, 0.25) is 5.91 Å². The Morgan fingerprint density at radius 3 is 2.39 bits per heavy atom. The number of hydrogen-bond acceptors (Lipinski definition) is 5. The summed E-state index contributed by atoms with van der Waals surface area (Å²) in [7, 11) is -3.53. The molecule has 0 aliphatic heterocycles. The van der Waals surface area contributed by atoms with Gasteiger partial charge in [0.25, 0.3) is 0 Å². The third-order valence-electron chi connectivity index (χ3n) is 2.41. The van der Waals surface area contributed by atoms with Gasteiger partial charge in [-0.1, -0.05) is 18.2 Å². The van der Waals surface area contributed by atoms with Crippen LogP contribution in [0, 0.1) is 0 Å². The van der Waals surface area contributed by atoms with Crippen molar-refractivity contribution in [3.63, 3.8) is 0 Å².